The molecule has 0 aliphatic carbocycles. The minimum atomic E-state index is -4.78. The molecule has 0 aliphatic heterocycles. The van der Waals surface area contributed by atoms with Crippen LogP contribution in [0.25, 0.3) is 0 Å². The molecule has 0 aromatic rings. The lowest BCUT2D eigenvalue weighted by Crippen LogP contribution is -2.29. The Morgan fingerprint density at radius 1 is 0.500 bits per heavy atom. The Labute approximate surface area is 327 Å². The molecule has 8 nitrogen and oxygen atoms in total. The molecule has 0 bridgehead atoms. The zero-order valence-corrected chi connectivity index (χ0v) is 34.2. The predicted molar refractivity (Wildman–Crippen MR) is 225 cm³/mol. The van der Waals surface area contributed by atoms with Crippen LogP contribution in [0.4, 0.5) is 0 Å². The topological polar surface area (TPSA) is 119 Å². The van der Waals surface area contributed by atoms with Crippen molar-refractivity contribution in [1.82, 2.24) is 0 Å². The van der Waals surface area contributed by atoms with Gasteiger partial charge in [-0.05, 0) is 96.3 Å². The molecule has 0 saturated carbocycles. The maximum Gasteiger partial charge on any atom is 0.469 e. The second-order valence-electron chi connectivity index (χ2n) is 12.9. The van der Waals surface area contributed by atoms with Gasteiger partial charge in [-0.3, -0.25) is 14.1 Å². The lowest BCUT2D eigenvalue weighted by atomic mass is 10.1. The van der Waals surface area contributed by atoms with Crippen molar-refractivity contribution in [3.8, 4) is 0 Å². The van der Waals surface area contributed by atoms with Crippen LogP contribution in [0.1, 0.15) is 142 Å². The molecular formula is C45H71O8P. The number of ether oxygens (including phenoxy) is 2. The minimum Gasteiger partial charge on any atom is -0.462 e. The number of phosphoric acid groups is 1. The van der Waals surface area contributed by atoms with Crippen molar-refractivity contribution in [2.45, 2.75) is 148 Å². The van der Waals surface area contributed by atoms with E-state index in [1.165, 1.54) is 19.3 Å². The molecule has 304 valence electrons. The van der Waals surface area contributed by atoms with Crippen molar-refractivity contribution in [1.29, 1.82) is 0 Å². The number of esters is 2. The van der Waals surface area contributed by atoms with E-state index in [1.807, 2.05) is 12.2 Å². The van der Waals surface area contributed by atoms with Gasteiger partial charge in [0.25, 0.3) is 0 Å². The van der Waals surface area contributed by atoms with Crippen LogP contribution in [0.2, 0.25) is 0 Å². The number of unbranched alkanes of at least 4 members (excludes halogenated alkanes) is 7. The van der Waals surface area contributed by atoms with Gasteiger partial charge in [0.15, 0.2) is 6.10 Å². The molecule has 0 radical (unpaired) electrons. The summed E-state index contributed by atoms with van der Waals surface area (Å²) < 4.78 is 26.3. The molecule has 0 saturated heterocycles. The molecule has 0 spiro atoms. The normalized spacial score (nSPS) is 13.6. The Balaban J connectivity index is 4.14. The minimum absolute atomic E-state index is 0.121. The second kappa shape index (κ2) is 39.4. The molecule has 0 rings (SSSR count). The lowest BCUT2D eigenvalue weighted by Gasteiger charge is -2.18. The fourth-order valence-corrected chi connectivity index (χ4v) is 5.16. The summed E-state index contributed by atoms with van der Waals surface area (Å²) in [6.07, 6.45) is 55.2. The van der Waals surface area contributed by atoms with Crippen LogP contribution in [0.3, 0.4) is 0 Å². The average molecular weight is 771 g/mol. The van der Waals surface area contributed by atoms with Gasteiger partial charge in [-0.2, -0.15) is 0 Å². The first kappa shape index (κ1) is 50.7. The van der Waals surface area contributed by atoms with Crippen molar-refractivity contribution in [2.75, 3.05) is 13.2 Å². The molecule has 2 N–H and O–H groups in total. The van der Waals surface area contributed by atoms with Gasteiger partial charge in [-0.15, -0.1) is 0 Å². The van der Waals surface area contributed by atoms with Gasteiger partial charge in [-0.1, -0.05) is 142 Å². The number of carbonyl (C=O) groups is 2. The summed E-state index contributed by atoms with van der Waals surface area (Å²) in [5.74, 6) is -1.00. The van der Waals surface area contributed by atoms with Gasteiger partial charge in [0.1, 0.15) is 6.61 Å². The summed E-state index contributed by atoms with van der Waals surface area (Å²) in [5, 5.41) is 0. The standard InChI is InChI=1S/C45H71O8P/c1-3-5-7-9-11-13-15-17-19-21-22-24-25-27-29-31-33-35-37-39-44(46)51-41-43(42-52-54(48,49)50)53-45(47)40-38-36-34-32-30-28-26-23-20-18-16-14-12-10-8-6-4-2/h5,7,11-14,17-20,22,24,26-29,32,34,43H,3-4,6,8-10,15-16,21,23,25,30-31,33,35-42H2,1-2H3,(H2,48,49,50)/b7-5+,13-11+,14-12+,19-17+,20-18+,24-22+,28-26+,29-27+,34-32+/t43-/m1/s1. The van der Waals surface area contributed by atoms with Crippen LogP contribution < -0.4 is 0 Å². The molecule has 0 aromatic heterocycles. The molecule has 0 aliphatic rings. The van der Waals surface area contributed by atoms with Crippen molar-refractivity contribution in [3.05, 3.63) is 109 Å². The van der Waals surface area contributed by atoms with Gasteiger partial charge in [0.2, 0.25) is 0 Å². The third-order valence-corrected chi connectivity index (χ3v) is 8.26. The van der Waals surface area contributed by atoms with Crippen molar-refractivity contribution < 1.29 is 37.9 Å². The maximum atomic E-state index is 12.4. The Morgan fingerprint density at radius 2 is 0.907 bits per heavy atom. The lowest BCUT2D eigenvalue weighted by molar-refractivity contribution is -0.161. The van der Waals surface area contributed by atoms with Crippen molar-refractivity contribution in [2.24, 2.45) is 0 Å². The van der Waals surface area contributed by atoms with E-state index in [1.54, 1.807) is 0 Å². The number of hydrogen-bond acceptors (Lipinski definition) is 6. The SMILES string of the molecule is CC/C=C/C/C=C/C/C=C/C/C=C/C/C=C/CCCCCC(=O)OC[C@H](COP(=O)(O)O)OC(=O)CCC/C=C/C/C=C/C/C=C/C/C=C/CCCCC. The molecule has 9 heteroatoms. The van der Waals surface area contributed by atoms with Crippen LogP contribution in [-0.4, -0.2) is 41.0 Å². The highest BCUT2D eigenvalue weighted by Crippen LogP contribution is 2.35. The molecule has 0 heterocycles. The summed E-state index contributed by atoms with van der Waals surface area (Å²) in [6.45, 7) is 3.45. The second-order valence-corrected chi connectivity index (χ2v) is 14.1. The third kappa shape index (κ3) is 41.5. The first-order chi connectivity index (χ1) is 26.3. The highest BCUT2D eigenvalue weighted by molar-refractivity contribution is 7.46. The van der Waals surface area contributed by atoms with Crippen molar-refractivity contribution >= 4 is 19.8 Å². The molecule has 0 fully saturated rings. The van der Waals surface area contributed by atoms with Crippen molar-refractivity contribution in [3.63, 3.8) is 0 Å². The molecule has 54 heavy (non-hydrogen) atoms. The largest absolute Gasteiger partial charge is 0.469 e. The van der Waals surface area contributed by atoms with Gasteiger partial charge >= 0.3 is 19.8 Å². The molecule has 1 atom stereocenters. The average Bonchev–Trinajstić information content (AvgIpc) is 3.14. The fourth-order valence-electron chi connectivity index (χ4n) is 4.80. The molecular weight excluding hydrogens is 699 g/mol. The quantitative estimate of drug-likeness (QED) is 0.0283. The van der Waals surface area contributed by atoms with E-state index in [9.17, 15) is 14.2 Å². The van der Waals surface area contributed by atoms with Crippen LogP contribution >= 0.6 is 7.82 Å². The summed E-state index contributed by atoms with van der Waals surface area (Å²) in [4.78, 5) is 42.8. The van der Waals surface area contributed by atoms with E-state index < -0.39 is 32.5 Å². The molecule has 0 amide bonds. The van der Waals surface area contributed by atoms with Gasteiger partial charge < -0.3 is 19.3 Å². The van der Waals surface area contributed by atoms with Crippen LogP contribution in [0, 0.1) is 0 Å². The Morgan fingerprint density at radius 3 is 1.35 bits per heavy atom. The Bertz CT molecular complexity index is 1230. The monoisotopic (exact) mass is 770 g/mol. The van der Waals surface area contributed by atoms with E-state index in [0.717, 1.165) is 77.0 Å². The summed E-state index contributed by atoms with van der Waals surface area (Å²) in [6, 6.07) is 0. The highest BCUT2D eigenvalue weighted by atomic mass is 31.2. The van der Waals surface area contributed by atoms with Gasteiger partial charge in [0.05, 0.1) is 6.61 Å². The number of phosphoric ester groups is 1. The Hall–Kier alpha value is -3.29. The van der Waals surface area contributed by atoms with Crippen LogP contribution in [0.5, 0.6) is 0 Å². The third-order valence-electron chi connectivity index (χ3n) is 7.78. The Kier molecular flexibility index (Phi) is 37.0. The molecule has 0 aromatic carbocycles. The number of rotatable bonds is 35. The number of hydrogen-bond donors (Lipinski definition) is 2. The summed E-state index contributed by atoms with van der Waals surface area (Å²) >= 11 is 0. The smallest absolute Gasteiger partial charge is 0.462 e. The van der Waals surface area contributed by atoms with E-state index >= 15 is 0 Å². The maximum absolute atomic E-state index is 12.4. The number of allylic oxidation sites excluding steroid dienone is 18. The molecule has 0 unspecified atom stereocenters. The predicted octanol–water partition coefficient (Wildman–Crippen LogP) is 12.4. The van der Waals surface area contributed by atoms with E-state index in [-0.39, 0.29) is 19.4 Å². The summed E-state index contributed by atoms with van der Waals surface area (Å²) in [5.41, 5.74) is 0. The van der Waals surface area contributed by atoms with E-state index in [0.29, 0.717) is 19.3 Å². The first-order valence-corrected chi connectivity index (χ1v) is 21.7. The van der Waals surface area contributed by atoms with Crippen LogP contribution in [-0.2, 0) is 28.2 Å². The number of carbonyl (C=O) groups excluding carboxylic acids is 2. The first-order valence-electron chi connectivity index (χ1n) is 20.2. The van der Waals surface area contributed by atoms with Crippen LogP contribution in [0.15, 0.2) is 109 Å². The highest BCUT2D eigenvalue weighted by Gasteiger charge is 2.22. The fraction of sp³-hybridized carbons (Fsp3) is 0.556. The van der Waals surface area contributed by atoms with Gasteiger partial charge in [0, 0.05) is 12.8 Å². The van der Waals surface area contributed by atoms with E-state index in [4.69, 9.17) is 19.3 Å². The van der Waals surface area contributed by atoms with E-state index in [2.05, 4.69) is 116 Å². The summed E-state index contributed by atoms with van der Waals surface area (Å²) in [7, 11) is -4.78. The zero-order valence-electron chi connectivity index (χ0n) is 33.3. The zero-order chi connectivity index (χ0) is 39.6. The van der Waals surface area contributed by atoms with Gasteiger partial charge in [-0.25, -0.2) is 4.57 Å².